The van der Waals surface area contributed by atoms with E-state index >= 15 is 0 Å². The highest BCUT2D eigenvalue weighted by molar-refractivity contribution is 6.00. The molecular weight excluding hydrogens is 296 g/mol. The first-order chi connectivity index (χ1) is 10.8. The molecule has 0 heterocycles. The average molecular weight is 320 g/mol. The molecule has 0 fully saturated rings. The van der Waals surface area contributed by atoms with Crippen molar-refractivity contribution in [2.75, 3.05) is 6.54 Å². The molecule has 0 saturated carbocycles. The van der Waals surface area contributed by atoms with Gasteiger partial charge in [-0.05, 0) is 37.0 Å². The third kappa shape index (κ3) is 6.10. The molecule has 6 nitrogen and oxygen atoms in total. The predicted octanol–water partition coefficient (Wildman–Crippen LogP) is 2.06. The lowest BCUT2D eigenvalue weighted by Crippen LogP contribution is -2.41. The second-order valence-corrected chi connectivity index (χ2v) is 5.83. The van der Waals surface area contributed by atoms with Crippen LogP contribution in [0.5, 0.6) is 0 Å². The van der Waals surface area contributed by atoms with Crippen LogP contribution in [0.4, 0.5) is 0 Å². The van der Waals surface area contributed by atoms with E-state index in [1.165, 1.54) is 6.07 Å². The summed E-state index contributed by atoms with van der Waals surface area (Å²) in [7, 11) is 0. The Kier molecular flexibility index (Phi) is 7.25. The first kappa shape index (κ1) is 18.7. The Balaban J connectivity index is 2.83. The number of aliphatic carboxylic acids is 1. The van der Waals surface area contributed by atoms with Crippen molar-refractivity contribution in [3.05, 3.63) is 35.4 Å². The van der Waals surface area contributed by atoms with Gasteiger partial charge in [0.2, 0.25) is 0 Å². The Morgan fingerprint density at radius 1 is 1.13 bits per heavy atom. The topological polar surface area (TPSA) is 95.5 Å². The summed E-state index contributed by atoms with van der Waals surface area (Å²) in [6.45, 7) is 6.29. The van der Waals surface area contributed by atoms with Gasteiger partial charge in [-0.2, -0.15) is 0 Å². The Bertz CT molecular complexity index is 569. The van der Waals surface area contributed by atoms with E-state index in [1.54, 1.807) is 18.2 Å². The van der Waals surface area contributed by atoms with E-state index in [-0.39, 0.29) is 17.4 Å². The van der Waals surface area contributed by atoms with Crippen LogP contribution >= 0.6 is 0 Å². The lowest BCUT2D eigenvalue weighted by atomic mass is 10.0. The molecule has 23 heavy (non-hydrogen) atoms. The molecule has 0 saturated heterocycles. The van der Waals surface area contributed by atoms with Crippen LogP contribution in [-0.2, 0) is 4.79 Å². The van der Waals surface area contributed by atoms with Crippen molar-refractivity contribution in [2.24, 2.45) is 5.92 Å². The van der Waals surface area contributed by atoms with Crippen LogP contribution in [0.1, 0.15) is 54.3 Å². The van der Waals surface area contributed by atoms with Crippen molar-refractivity contribution in [3.63, 3.8) is 0 Å². The number of carbonyl (C=O) groups excluding carboxylic acids is 2. The van der Waals surface area contributed by atoms with Crippen molar-refractivity contribution in [1.82, 2.24) is 10.6 Å². The van der Waals surface area contributed by atoms with E-state index in [1.807, 2.05) is 20.8 Å². The van der Waals surface area contributed by atoms with Gasteiger partial charge in [-0.1, -0.05) is 26.8 Å². The maximum absolute atomic E-state index is 12.2. The molecule has 0 bridgehead atoms. The number of carboxylic acids is 1. The molecule has 0 unspecified atom stereocenters. The molecule has 1 aromatic carbocycles. The standard InChI is InChI=1S/C17H24N2O4/c1-4-8-18-15(20)12-6-5-7-13(10-12)16(21)19-14(17(22)23)9-11(2)3/h5-7,10-11,14H,4,8-9H2,1-3H3,(H,18,20)(H,19,21)(H,22,23)/t14-/m0/s1. The van der Waals surface area contributed by atoms with Gasteiger partial charge in [0.25, 0.3) is 11.8 Å². The van der Waals surface area contributed by atoms with Crippen molar-refractivity contribution in [3.8, 4) is 0 Å². The minimum atomic E-state index is -1.07. The summed E-state index contributed by atoms with van der Waals surface area (Å²) in [5.74, 6) is -1.67. The molecular formula is C17H24N2O4. The summed E-state index contributed by atoms with van der Waals surface area (Å²) in [4.78, 5) is 35.4. The van der Waals surface area contributed by atoms with Gasteiger partial charge < -0.3 is 15.7 Å². The highest BCUT2D eigenvalue weighted by Crippen LogP contribution is 2.09. The highest BCUT2D eigenvalue weighted by atomic mass is 16.4. The maximum atomic E-state index is 12.2. The Hall–Kier alpha value is -2.37. The van der Waals surface area contributed by atoms with E-state index in [2.05, 4.69) is 10.6 Å². The first-order valence-corrected chi connectivity index (χ1v) is 7.77. The van der Waals surface area contributed by atoms with Crippen molar-refractivity contribution in [1.29, 1.82) is 0 Å². The molecule has 0 radical (unpaired) electrons. The second kappa shape index (κ2) is 8.92. The van der Waals surface area contributed by atoms with Crippen LogP contribution in [0, 0.1) is 5.92 Å². The molecule has 6 heteroatoms. The minimum absolute atomic E-state index is 0.141. The number of benzene rings is 1. The van der Waals surface area contributed by atoms with Crippen LogP contribution in [0.2, 0.25) is 0 Å². The Labute approximate surface area is 136 Å². The van der Waals surface area contributed by atoms with Gasteiger partial charge in [-0.15, -0.1) is 0 Å². The van der Waals surface area contributed by atoms with Crippen LogP contribution in [-0.4, -0.2) is 35.5 Å². The maximum Gasteiger partial charge on any atom is 0.326 e. The second-order valence-electron chi connectivity index (χ2n) is 5.83. The smallest absolute Gasteiger partial charge is 0.326 e. The van der Waals surface area contributed by atoms with Crippen LogP contribution in [0.25, 0.3) is 0 Å². The van der Waals surface area contributed by atoms with Gasteiger partial charge in [-0.3, -0.25) is 9.59 Å². The molecule has 3 N–H and O–H groups in total. The van der Waals surface area contributed by atoms with Gasteiger partial charge in [0.15, 0.2) is 0 Å². The minimum Gasteiger partial charge on any atom is -0.480 e. The summed E-state index contributed by atoms with van der Waals surface area (Å²) in [5.41, 5.74) is 0.644. The monoisotopic (exact) mass is 320 g/mol. The molecule has 2 amide bonds. The average Bonchev–Trinajstić information content (AvgIpc) is 2.51. The van der Waals surface area contributed by atoms with E-state index < -0.39 is 17.9 Å². The fourth-order valence-electron chi connectivity index (χ4n) is 2.08. The molecule has 0 aliphatic rings. The van der Waals surface area contributed by atoms with Crippen LogP contribution in [0.3, 0.4) is 0 Å². The quantitative estimate of drug-likeness (QED) is 0.683. The van der Waals surface area contributed by atoms with Gasteiger partial charge in [0, 0.05) is 17.7 Å². The third-order valence-electron chi connectivity index (χ3n) is 3.23. The van der Waals surface area contributed by atoms with E-state index in [9.17, 15) is 19.5 Å². The van der Waals surface area contributed by atoms with E-state index in [4.69, 9.17) is 0 Å². The van der Waals surface area contributed by atoms with Crippen molar-refractivity contribution >= 4 is 17.8 Å². The zero-order valence-corrected chi connectivity index (χ0v) is 13.8. The number of carbonyl (C=O) groups is 3. The fraction of sp³-hybridized carbons (Fsp3) is 0.471. The lowest BCUT2D eigenvalue weighted by molar-refractivity contribution is -0.139. The molecule has 1 aromatic rings. The van der Waals surface area contributed by atoms with E-state index in [0.29, 0.717) is 18.5 Å². The summed E-state index contributed by atoms with van der Waals surface area (Å²) in [6.07, 6.45) is 1.17. The van der Waals surface area contributed by atoms with E-state index in [0.717, 1.165) is 6.42 Å². The zero-order valence-electron chi connectivity index (χ0n) is 13.8. The predicted molar refractivity (Wildman–Crippen MR) is 87.4 cm³/mol. The molecule has 126 valence electrons. The Morgan fingerprint density at radius 3 is 2.26 bits per heavy atom. The summed E-state index contributed by atoms with van der Waals surface area (Å²) in [5, 5.41) is 14.4. The molecule has 0 aliphatic heterocycles. The van der Waals surface area contributed by atoms with Gasteiger partial charge in [-0.25, -0.2) is 4.79 Å². The molecule has 1 atom stereocenters. The summed E-state index contributed by atoms with van der Waals surface area (Å²) in [6, 6.07) is 5.30. The number of carboxylic acid groups (broad SMARTS) is 1. The fourth-order valence-corrected chi connectivity index (χ4v) is 2.08. The third-order valence-corrected chi connectivity index (χ3v) is 3.23. The zero-order chi connectivity index (χ0) is 17.4. The van der Waals surface area contributed by atoms with Crippen molar-refractivity contribution in [2.45, 2.75) is 39.7 Å². The molecule has 0 aromatic heterocycles. The van der Waals surface area contributed by atoms with Gasteiger partial charge in [0.1, 0.15) is 6.04 Å². The van der Waals surface area contributed by atoms with Crippen LogP contribution in [0.15, 0.2) is 24.3 Å². The summed E-state index contributed by atoms with van der Waals surface area (Å²) >= 11 is 0. The number of hydrogen-bond acceptors (Lipinski definition) is 3. The normalized spacial score (nSPS) is 11.8. The summed E-state index contributed by atoms with van der Waals surface area (Å²) < 4.78 is 0. The van der Waals surface area contributed by atoms with Crippen molar-refractivity contribution < 1.29 is 19.5 Å². The largest absolute Gasteiger partial charge is 0.480 e. The molecule has 1 rings (SSSR count). The molecule has 0 spiro atoms. The van der Waals surface area contributed by atoms with Gasteiger partial charge >= 0.3 is 5.97 Å². The molecule has 0 aliphatic carbocycles. The van der Waals surface area contributed by atoms with Gasteiger partial charge in [0.05, 0.1) is 0 Å². The number of hydrogen-bond donors (Lipinski definition) is 3. The SMILES string of the molecule is CCCNC(=O)c1cccc(C(=O)N[C@@H](CC(C)C)C(=O)O)c1. The lowest BCUT2D eigenvalue weighted by Gasteiger charge is -2.16. The van der Waals surface area contributed by atoms with Crippen LogP contribution < -0.4 is 10.6 Å². The Morgan fingerprint density at radius 2 is 1.74 bits per heavy atom. The highest BCUT2D eigenvalue weighted by Gasteiger charge is 2.22. The first-order valence-electron chi connectivity index (χ1n) is 7.77. The number of nitrogens with one attached hydrogen (secondary N) is 2. The number of amides is 2. The number of rotatable bonds is 8.